The van der Waals surface area contributed by atoms with E-state index in [4.69, 9.17) is 0 Å². The van der Waals surface area contributed by atoms with Gasteiger partial charge in [0.2, 0.25) is 0 Å². The van der Waals surface area contributed by atoms with Crippen LogP contribution >= 0.6 is 12.4 Å². The van der Waals surface area contributed by atoms with Gasteiger partial charge in [0.05, 0.1) is 13.1 Å². The van der Waals surface area contributed by atoms with E-state index in [1.54, 1.807) is 24.3 Å². The van der Waals surface area contributed by atoms with Crippen molar-refractivity contribution in [2.75, 3.05) is 23.7 Å². The highest BCUT2D eigenvalue weighted by Crippen LogP contribution is 2.16. The summed E-state index contributed by atoms with van der Waals surface area (Å²) in [4.78, 5) is 34.4. The summed E-state index contributed by atoms with van der Waals surface area (Å²) in [5, 5.41) is 12.5. The molecule has 0 saturated heterocycles. The smallest absolute Gasteiger partial charge is 0.255 e. The fourth-order valence-corrected chi connectivity index (χ4v) is 4.44. The van der Waals surface area contributed by atoms with Crippen molar-refractivity contribution >= 4 is 47.3 Å². The molecule has 202 valence electrons. The second kappa shape index (κ2) is 12.6. The Kier molecular flexibility index (Phi) is 8.99. The third kappa shape index (κ3) is 7.45. The Bertz CT molecular complexity index is 1260. The van der Waals surface area contributed by atoms with E-state index in [1.807, 2.05) is 48.5 Å². The summed E-state index contributed by atoms with van der Waals surface area (Å²) in [6.07, 6.45) is 1.50. The van der Waals surface area contributed by atoms with Crippen LogP contribution in [0.25, 0.3) is 0 Å². The van der Waals surface area contributed by atoms with Gasteiger partial charge in [-0.25, -0.2) is 0 Å². The minimum atomic E-state index is -0.230. The SMILES string of the molecule is CC1CN=C(Cc2ccc(NC(=O)c3ccc(C(=O)Nc4ccc(CC5=NCC(C)N5)cc4)cc3)cc2)N1.Cl. The molecule has 2 unspecified atom stereocenters. The molecule has 2 amide bonds. The van der Waals surface area contributed by atoms with Gasteiger partial charge in [-0.1, -0.05) is 24.3 Å². The number of nitrogens with one attached hydrogen (secondary N) is 4. The van der Waals surface area contributed by atoms with Crippen molar-refractivity contribution in [2.45, 2.75) is 38.8 Å². The van der Waals surface area contributed by atoms with Crippen LogP contribution < -0.4 is 21.3 Å². The zero-order valence-corrected chi connectivity index (χ0v) is 22.8. The van der Waals surface area contributed by atoms with Crippen molar-refractivity contribution < 1.29 is 9.59 Å². The molecule has 0 fully saturated rings. The molecule has 2 heterocycles. The molecule has 0 spiro atoms. The van der Waals surface area contributed by atoms with Crippen molar-refractivity contribution in [3.8, 4) is 0 Å². The number of aliphatic imine (C=N–C) groups is 2. The Hall–Kier alpha value is -4.17. The highest BCUT2D eigenvalue weighted by molar-refractivity contribution is 6.07. The molecule has 0 bridgehead atoms. The Morgan fingerprint density at radius 3 is 1.33 bits per heavy atom. The monoisotopic (exact) mass is 544 g/mol. The summed E-state index contributed by atoms with van der Waals surface area (Å²) in [5.41, 5.74) is 4.64. The van der Waals surface area contributed by atoms with Crippen LogP contribution in [-0.2, 0) is 12.8 Å². The van der Waals surface area contributed by atoms with E-state index in [-0.39, 0.29) is 24.2 Å². The van der Waals surface area contributed by atoms with E-state index in [9.17, 15) is 9.59 Å². The predicted octanol–water partition coefficient (Wildman–Crippen LogP) is 4.48. The van der Waals surface area contributed by atoms with Crippen LogP contribution in [0.3, 0.4) is 0 Å². The number of rotatable bonds is 8. The molecule has 8 nitrogen and oxygen atoms in total. The summed E-state index contributed by atoms with van der Waals surface area (Å²) >= 11 is 0. The first-order valence-corrected chi connectivity index (χ1v) is 12.9. The third-order valence-corrected chi connectivity index (χ3v) is 6.51. The molecule has 3 aromatic carbocycles. The zero-order valence-electron chi connectivity index (χ0n) is 22.0. The van der Waals surface area contributed by atoms with E-state index < -0.39 is 0 Å². The lowest BCUT2D eigenvalue weighted by molar-refractivity contribution is 0.101. The molecule has 39 heavy (non-hydrogen) atoms. The second-order valence-corrected chi connectivity index (χ2v) is 9.90. The van der Waals surface area contributed by atoms with Gasteiger partial charge in [0, 0.05) is 47.4 Å². The maximum atomic E-state index is 12.7. The number of nitrogens with zero attached hydrogens (tertiary/aromatic N) is 2. The fourth-order valence-electron chi connectivity index (χ4n) is 4.44. The van der Waals surface area contributed by atoms with E-state index >= 15 is 0 Å². The number of hydrogen-bond donors (Lipinski definition) is 4. The van der Waals surface area contributed by atoms with Gasteiger partial charge < -0.3 is 21.3 Å². The van der Waals surface area contributed by atoms with E-state index in [0.29, 0.717) is 34.6 Å². The Morgan fingerprint density at radius 1 is 0.667 bits per heavy atom. The van der Waals surface area contributed by atoms with Crippen LogP contribution in [0.15, 0.2) is 82.8 Å². The van der Waals surface area contributed by atoms with Crippen LogP contribution in [-0.4, -0.2) is 48.7 Å². The number of carbonyl (C=O) groups excluding carboxylic acids is 2. The molecule has 2 aliphatic heterocycles. The Morgan fingerprint density at radius 2 is 1.03 bits per heavy atom. The second-order valence-electron chi connectivity index (χ2n) is 9.90. The largest absolute Gasteiger partial charge is 0.369 e. The number of anilines is 2. The maximum absolute atomic E-state index is 12.7. The minimum Gasteiger partial charge on any atom is -0.369 e. The van der Waals surface area contributed by atoms with E-state index in [2.05, 4.69) is 45.1 Å². The quantitative estimate of drug-likeness (QED) is 0.335. The minimum absolute atomic E-state index is 0. The molecule has 2 atom stereocenters. The van der Waals surface area contributed by atoms with E-state index in [1.165, 1.54) is 0 Å². The number of halogens is 1. The summed E-state index contributed by atoms with van der Waals surface area (Å²) in [7, 11) is 0. The molecule has 2 aliphatic rings. The first kappa shape index (κ1) is 27.9. The molecule has 0 saturated carbocycles. The maximum Gasteiger partial charge on any atom is 0.255 e. The summed E-state index contributed by atoms with van der Waals surface area (Å²) in [5.74, 6) is 1.54. The van der Waals surface area contributed by atoms with Gasteiger partial charge in [-0.3, -0.25) is 19.6 Å². The van der Waals surface area contributed by atoms with Gasteiger partial charge in [0.15, 0.2) is 0 Å². The number of carbonyl (C=O) groups is 2. The lowest BCUT2D eigenvalue weighted by Gasteiger charge is -2.10. The van der Waals surface area contributed by atoms with Crippen LogP contribution in [0.2, 0.25) is 0 Å². The molecule has 3 aromatic rings. The number of hydrogen-bond acceptors (Lipinski definition) is 6. The highest BCUT2D eigenvalue weighted by atomic mass is 35.5. The number of benzene rings is 3. The summed E-state index contributed by atoms with van der Waals surface area (Å²) in [6, 6.07) is 22.9. The van der Waals surface area contributed by atoms with Gasteiger partial charge in [-0.2, -0.15) is 0 Å². The molecule has 5 rings (SSSR count). The number of amides is 2. The number of amidine groups is 2. The molecule has 9 heteroatoms. The molecule has 4 N–H and O–H groups in total. The Balaban J connectivity index is 0.00000353. The molecule has 0 aromatic heterocycles. The molecular weight excluding hydrogens is 512 g/mol. The third-order valence-electron chi connectivity index (χ3n) is 6.51. The zero-order chi connectivity index (χ0) is 26.5. The summed E-state index contributed by atoms with van der Waals surface area (Å²) < 4.78 is 0. The first-order chi connectivity index (χ1) is 18.4. The van der Waals surface area contributed by atoms with Gasteiger partial charge in [0.25, 0.3) is 11.8 Å². The van der Waals surface area contributed by atoms with Crippen LogP contribution in [0.1, 0.15) is 45.7 Å². The lowest BCUT2D eigenvalue weighted by Crippen LogP contribution is -2.28. The van der Waals surface area contributed by atoms with Gasteiger partial charge in [0.1, 0.15) is 11.7 Å². The first-order valence-electron chi connectivity index (χ1n) is 12.9. The van der Waals surface area contributed by atoms with Crippen molar-refractivity contribution in [2.24, 2.45) is 9.98 Å². The molecule has 0 aliphatic carbocycles. The van der Waals surface area contributed by atoms with Gasteiger partial charge >= 0.3 is 0 Å². The van der Waals surface area contributed by atoms with Crippen molar-refractivity contribution in [3.63, 3.8) is 0 Å². The normalized spacial score (nSPS) is 17.7. The van der Waals surface area contributed by atoms with Crippen molar-refractivity contribution in [1.82, 2.24) is 10.6 Å². The topological polar surface area (TPSA) is 107 Å². The standard InChI is InChI=1S/C30H32N6O2.ClH/c1-19-17-31-27(33-19)15-21-3-11-25(12-4-21)35-29(37)23-7-9-24(10-8-23)30(38)36-26-13-5-22(6-14-26)16-28-32-18-20(2)34-28;/h3-14,19-20H,15-18H2,1-2H3,(H,31,33)(H,32,34)(H,35,37)(H,36,38);1H. The predicted molar refractivity (Wildman–Crippen MR) is 160 cm³/mol. The highest BCUT2D eigenvalue weighted by Gasteiger charge is 2.14. The Labute approximate surface area is 234 Å². The van der Waals surface area contributed by atoms with E-state index in [0.717, 1.165) is 48.7 Å². The fraction of sp³-hybridized carbons (Fsp3) is 0.267. The van der Waals surface area contributed by atoms with Crippen LogP contribution in [0.5, 0.6) is 0 Å². The van der Waals surface area contributed by atoms with Crippen LogP contribution in [0.4, 0.5) is 11.4 Å². The average Bonchev–Trinajstić information content (AvgIpc) is 3.53. The van der Waals surface area contributed by atoms with Crippen molar-refractivity contribution in [1.29, 1.82) is 0 Å². The molecule has 0 radical (unpaired) electrons. The van der Waals surface area contributed by atoms with Gasteiger partial charge in [-0.05, 0) is 73.5 Å². The molecular formula is C30H33ClN6O2. The van der Waals surface area contributed by atoms with Gasteiger partial charge in [-0.15, -0.1) is 12.4 Å². The van der Waals surface area contributed by atoms with Crippen molar-refractivity contribution in [3.05, 3.63) is 95.1 Å². The van der Waals surface area contributed by atoms with Crippen LogP contribution in [0, 0.1) is 0 Å². The lowest BCUT2D eigenvalue weighted by atomic mass is 10.1. The summed E-state index contributed by atoms with van der Waals surface area (Å²) in [6.45, 7) is 5.84. The average molecular weight is 545 g/mol.